The lowest BCUT2D eigenvalue weighted by Gasteiger charge is -2.08. The molecule has 0 saturated carbocycles. The van der Waals surface area contributed by atoms with E-state index < -0.39 is 5.91 Å². The lowest BCUT2D eigenvalue weighted by Crippen LogP contribution is -2.14. The smallest absolute Gasteiger partial charge is 0.275 e. The first-order chi connectivity index (χ1) is 12.5. The molecule has 0 aliphatic rings. The van der Waals surface area contributed by atoms with Gasteiger partial charge in [-0.05, 0) is 36.4 Å². The summed E-state index contributed by atoms with van der Waals surface area (Å²) in [5, 5.41) is 15.6. The van der Waals surface area contributed by atoms with E-state index in [0.29, 0.717) is 32.8 Å². The first-order valence-corrected chi connectivity index (χ1v) is 8.16. The topological polar surface area (TPSA) is 90.7 Å². The van der Waals surface area contributed by atoms with Crippen molar-refractivity contribution < 1.29 is 4.79 Å². The number of carbonyl (C=O) groups excluding carboxylic acids is 1. The van der Waals surface area contributed by atoms with Crippen LogP contribution < -0.4 is 10.6 Å². The van der Waals surface area contributed by atoms with E-state index in [2.05, 4.69) is 20.6 Å². The molecule has 0 saturated heterocycles. The average Bonchev–Trinajstić information content (AvgIpc) is 2.65. The van der Waals surface area contributed by atoms with Crippen LogP contribution in [0, 0.1) is 11.3 Å². The summed E-state index contributed by atoms with van der Waals surface area (Å²) in [6, 6.07) is 13.6. The quantitative estimate of drug-likeness (QED) is 0.683. The van der Waals surface area contributed by atoms with Crippen LogP contribution in [0.25, 0.3) is 0 Å². The van der Waals surface area contributed by atoms with Crippen LogP contribution in [0.3, 0.4) is 0 Å². The van der Waals surface area contributed by atoms with Crippen LogP contribution >= 0.6 is 23.2 Å². The molecule has 8 heteroatoms. The molecule has 0 radical (unpaired) electrons. The molecule has 6 nitrogen and oxygen atoms in total. The second-order valence-corrected chi connectivity index (χ2v) is 6.03. The fraction of sp³-hybridized carbons (Fsp3) is 0. The van der Waals surface area contributed by atoms with Gasteiger partial charge >= 0.3 is 0 Å². The van der Waals surface area contributed by atoms with Gasteiger partial charge in [0.1, 0.15) is 11.5 Å². The Balaban J connectivity index is 1.71. The van der Waals surface area contributed by atoms with Gasteiger partial charge in [-0.15, -0.1) is 0 Å². The van der Waals surface area contributed by atoms with E-state index >= 15 is 0 Å². The highest BCUT2D eigenvalue weighted by atomic mass is 35.5. The van der Waals surface area contributed by atoms with E-state index in [1.54, 1.807) is 42.5 Å². The average molecular weight is 384 g/mol. The molecule has 2 N–H and O–H groups in total. The zero-order valence-corrected chi connectivity index (χ0v) is 14.7. The molecule has 0 aliphatic carbocycles. The Labute approximate surface area is 159 Å². The summed E-state index contributed by atoms with van der Waals surface area (Å²) in [6.45, 7) is 0. The number of amides is 1. The third-order valence-electron chi connectivity index (χ3n) is 3.33. The highest BCUT2D eigenvalue weighted by Gasteiger charge is 2.10. The summed E-state index contributed by atoms with van der Waals surface area (Å²) in [5.74, 6) is -0.0166. The Hall–Kier alpha value is -3.14. The van der Waals surface area contributed by atoms with Gasteiger partial charge in [0.15, 0.2) is 0 Å². The van der Waals surface area contributed by atoms with Crippen LogP contribution in [0.2, 0.25) is 10.0 Å². The third kappa shape index (κ3) is 4.28. The maximum Gasteiger partial charge on any atom is 0.275 e. The van der Waals surface area contributed by atoms with Gasteiger partial charge < -0.3 is 10.6 Å². The molecule has 2 aromatic carbocycles. The van der Waals surface area contributed by atoms with Crippen molar-refractivity contribution in [2.24, 2.45) is 0 Å². The van der Waals surface area contributed by atoms with Gasteiger partial charge in [-0.3, -0.25) is 4.79 Å². The van der Waals surface area contributed by atoms with Gasteiger partial charge in [-0.2, -0.15) is 5.26 Å². The van der Waals surface area contributed by atoms with Crippen LogP contribution in [0.1, 0.15) is 16.1 Å². The second-order valence-electron chi connectivity index (χ2n) is 5.18. The Bertz CT molecular complexity index is 999. The number of aromatic nitrogens is 2. The minimum atomic E-state index is -0.431. The molecule has 0 fully saturated rings. The molecule has 1 heterocycles. The first-order valence-electron chi connectivity index (χ1n) is 7.41. The van der Waals surface area contributed by atoms with Crippen LogP contribution in [-0.2, 0) is 0 Å². The number of nitrogens with zero attached hydrogens (tertiary/aromatic N) is 3. The zero-order chi connectivity index (χ0) is 18.5. The number of nitriles is 1. The molecule has 26 heavy (non-hydrogen) atoms. The van der Waals surface area contributed by atoms with Gasteiger partial charge in [0.25, 0.3) is 5.91 Å². The Morgan fingerprint density at radius 1 is 1.08 bits per heavy atom. The predicted molar refractivity (Wildman–Crippen MR) is 101 cm³/mol. The summed E-state index contributed by atoms with van der Waals surface area (Å²) in [6.07, 6.45) is 2.75. The summed E-state index contributed by atoms with van der Waals surface area (Å²) in [4.78, 5) is 20.5. The highest BCUT2D eigenvalue weighted by molar-refractivity contribution is 6.35. The number of hydrogen-bond donors (Lipinski definition) is 2. The number of rotatable bonds is 4. The van der Waals surface area contributed by atoms with Crippen molar-refractivity contribution in [3.05, 3.63) is 76.2 Å². The maximum atomic E-state index is 12.2. The first kappa shape index (κ1) is 17.7. The van der Waals surface area contributed by atoms with E-state index in [4.69, 9.17) is 28.5 Å². The van der Waals surface area contributed by atoms with Crippen LogP contribution in [-0.4, -0.2) is 15.9 Å². The molecule has 3 aromatic rings. The molecule has 1 aromatic heterocycles. The largest absolute Gasteiger partial charge is 0.338 e. The van der Waals surface area contributed by atoms with Crippen molar-refractivity contribution in [1.29, 1.82) is 5.26 Å². The van der Waals surface area contributed by atoms with Gasteiger partial charge in [-0.25, -0.2) is 9.97 Å². The minimum absolute atomic E-state index is 0.134. The maximum absolute atomic E-state index is 12.2. The SMILES string of the molecule is N#Cc1cccc(NC(=O)c2cnc(Nc3cc(Cl)ccc3Cl)cn2)c1. The normalized spacial score (nSPS) is 10.0. The standard InChI is InChI=1S/C18H11Cl2N5O/c19-12-4-5-14(20)15(7-12)25-17-10-22-16(9-23-17)18(26)24-13-3-1-2-11(6-13)8-21/h1-7,9-10H,(H,23,25)(H,24,26). The molecule has 3 rings (SSSR count). The molecule has 1 amide bonds. The molecular formula is C18H11Cl2N5O. The van der Waals surface area contributed by atoms with Crippen molar-refractivity contribution in [1.82, 2.24) is 9.97 Å². The number of hydrogen-bond acceptors (Lipinski definition) is 5. The molecule has 0 bridgehead atoms. The fourth-order valence-electron chi connectivity index (χ4n) is 2.10. The highest BCUT2D eigenvalue weighted by Crippen LogP contribution is 2.27. The number of benzene rings is 2. The summed E-state index contributed by atoms with van der Waals surface area (Å²) in [7, 11) is 0. The number of carbonyl (C=O) groups is 1. The number of anilines is 3. The van der Waals surface area contributed by atoms with E-state index in [9.17, 15) is 4.79 Å². The Kier molecular flexibility index (Phi) is 5.32. The molecule has 0 spiro atoms. The van der Waals surface area contributed by atoms with E-state index in [1.807, 2.05) is 6.07 Å². The lowest BCUT2D eigenvalue weighted by molar-refractivity contribution is 0.102. The molecule has 0 aliphatic heterocycles. The number of nitrogens with one attached hydrogen (secondary N) is 2. The summed E-state index contributed by atoms with van der Waals surface area (Å²) >= 11 is 12.0. The summed E-state index contributed by atoms with van der Waals surface area (Å²) in [5.41, 5.74) is 1.67. The molecule has 0 unspecified atom stereocenters. The Morgan fingerprint density at radius 3 is 2.65 bits per heavy atom. The number of halogens is 2. The van der Waals surface area contributed by atoms with Gasteiger partial charge in [0, 0.05) is 10.7 Å². The van der Waals surface area contributed by atoms with Crippen LogP contribution in [0.4, 0.5) is 17.2 Å². The summed E-state index contributed by atoms with van der Waals surface area (Å²) < 4.78 is 0. The predicted octanol–water partition coefficient (Wildman–Crippen LogP) is 4.65. The van der Waals surface area contributed by atoms with E-state index in [1.165, 1.54) is 12.4 Å². The second kappa shape index (κ2) is 7.83. The molecular weight excluding hydrogens is 373 g/mol. The van der Waals surface area contributed by atoms with Crippen molar-refractivity contribution >= 4 is 46.3 Å². The van der Waals surface area contributed by atoms with Crippen molar-refractivity contribution in [2.75, 3.05) is 10.6 Å². The van der Waals surface area contributed by atoms with E-state index in [0.717, 1.165) is 0 Å². The zero-order valence-electron chi connectivity index (χ0n) is 13.2. The van der Waals surface area contributed by atoms with Gasteiger partial charge in [0.2, 0.25) is 0 Å². The molecule has 0 atom stereocenters. The monoisotopic (exact) mass is 383 g/mol. The van der Waals surface area contributed by atoms with Crippen LogP contribution in [0.15, 0.2) is 54.9 Å². The van der Waals surface area contributed by atoms with Crippen LogP contribution in [0.5, 0.6) is 0 Å². The van der Waals surface area contributed by atoms with E-state index in [-0.39, 0.29) is 5.69 Å². The minimum Gasteiger partial charge on any atom is -0.338 e. The molecule has 128 valence electrons. The Morgan fingerprint density at radius 2 is 1.92 bits per heavy atom. The van der Waals surface area contributed by atoms with Crippen molar-refractivity contribution in [3.8, 4) is 6.07 Å². The van der Waals surface area contributed by atoms with Gasteiger partial charge in [0.05, 0.1) is 34.7 Å². The lowest BCUT2D eigenvalue weighted by atomic mass is 10.2. The van der Waals surface area contributed by atoms with Gasteiger partial charge in [-0.1, -0.05) is 29.3 Å². The third-order valence-corrected chi connectivity index (χ3v) is 3.89. The fourth-order valence-corrected chi connectivity index (χ4v) is 2.44. The van der Waals surface area contributed by atoms with Crippen molar-refractivity contribution in [3.63, 3.8) is 0 Å². The van der Waals surface area contributed by atoms with Crippen molar-refractivity contribution in [2.45, 2.75) is 0 Å².